The molecule has 3 aromatic rings. The number of nitrogen functional groups attached to an aromatic ring is 1. The van der Waals surface area contributed by atoms with Crippen LogP contribution in [0.5, 0.6) is 0 Å². The highest BCUT2D eigenvalue weighted by Crippen LogP contribution is 2.26. The number of fused-ring (bicyclic) bond motifs is 1. The average Bonchev–Trinajstić information content (AvgIpc) is 2.82. The predicted octanol–water partition coefficient (Wildman–Crippen LogP) is 4.12. The number of nitrogens with zero attached hydrogens (tertiary/aromatic N) is 1. The maximum atomic E-state index is 5.83. The van der Waals surface area contributed by atoms with Gasteiger partial charge in [0, 0.05) is 23.5 Å². The van der Waals surface area contributed by atoms with Gasteiger partial charge in [0.2, 0.25) is 0 Å². The summed E-state index contributed by atoms with van der Waals surface area (Å²) < 4.78 is 1.36. The first-order valence-corrected chi connectivity index (χ1v) is 7.58. The van der Waals surface area contributed by atoms with Crippen LogP contribution in [0.25, 0.3) is 10.1 Å². The predicted molar refractivity (Wildman–Crippen MR) is 87.9 cm³/mol. The Morgan fingerprint density at radius 2 is 1.90 bits per heavy atom. The second-order valence-electron chi connectivity index (χ2n) is 5.17. The third kappa shape index (κ3) is 2.84. The number of hydrogen-bond donors (Lipinski definition) is 1. The molecule has 0 saturated heterocycles. The zero-order valence-corrected chi connectivity index (χ0v) is 12.4. The van der Waals surface area contributed by atoms with Crippen molar-refractivity contribution in [3.63, 3.8) is 0 Å². The van der Waals surface area contributed by atoms with E-state index in [0.29, 0.717) is 0 Å². The van der Waals surface area contributed by atoms with Gasteiger partial charge in [-0.15, -0.1) is 11.3 Å². The van der Waals surface area contributed by atoms with Gasteiger partial charge in [-0.25, -0.2) is 0 Å². The Kier molecular flexibility index (Phi) is 3.72. The molecule has 0 unspecified atom stereocenters. The van der Waals surface area contributed by atoms with Crippen LogP contribution in [0.4, 0.5) is 5.69 Å². The molecule has 0 fully saturated rings. The Balaban J connectivity index is 1.74. The van der Waals surface area contributed by atoms with E-state index < -0.39 is 0 Å². The van der Waals surface area contributed by atoms with Gasteiger partial charge in [-0.3, -0.25) is 4.90 Å². The average molecular weight is 282 g/mol. The molecule has 3 rings (SSSR count). The molecule has 0 bridgehead atoms. The molecule has 0 amide bonds. The minimum absolute atomic E-state index is 0.830. The minimum atomic E-state index is 0.830. The van der Waals surface area contributed by atoms with Crippen LogP contribution in [0, 0.1) is 0 Å². The van der Waals surface area contributed by atoms with E-state index in [4.69, 9.17) is 5.73 Å². The zero-order chi connectivity index (χ0) is 13.9. The van der Waals surface area contributed by atoms with Gasteiger partial charge in [0.05, 0.1) is 0 Å². The first kappa shape index (κ1) is 13.2. The second kappa shape index (κ2) is 5.65. The van der Waals surface area contributed by atoms with E-state index in [1.54, 1.807) is 0 Å². The smallest absolute Gasteiger partial charge is 0.0346 e. The fourth-order valence-corrected chi connectivity index (χ4v) is 3.46. The van der Waals surface area contributed by atoms with E-state index in [-0.39, 0.29) is 0 Å². The molecule has 1 heterocycles. The van der Waals surface area contributed by atoms with Gasteiger partial charge in [0.1, 0.15) is 0 Å². The van der Waals surface area contributed by atoms with Crippen molar-refractivity contribution in [1.29, 1.82) is 0 Å². The van der Waals surface area contributed by atoms with Crippen molar-refractivity contribution in [2.45, 2.75) is 13.1 Å². The minimum Gasteiger partial charge on any atom is -0.399 e. The molecule has 20 heavy (non-hydrogen) atoms. The van der Waals surface area contributed by atoms with Gasteiger partial charge in [-0.1, -0.05) is 30.3 Å². The van der Waals surface area contributed by atoms with Crippen molar-refractivity contribution in [3.05, 3.63) is 65.0 Å². The largest absolute Gasteiger partial charge is 0.399 e. The van der Waals surface area contributed by atoms with Crippen molar-refractivity contribution in [3.8, 4) is 0 Å². The molecule has 102 valence electrons. The summed E-state index contributed by atoms with van der Waals surface area (Å²) in [5.74, 6) is 0. The van der Waals surface area contributed by atoms with Gasteiger partial charge >= 0.3 is 0 Å². The molecule has 0 radical (unpaired) electrons. The van der Waals surface area contributed by atoms with Crippen LogP contribution in [0.15, 0.2) is 53.9 Å². The van der Waals surface area contributed by atoms with E-state index >= 15 is 0 Å². The van der Waals surface area contributed by atoms with Crippen molar-refractivity contribution in [1.82, 2.24) is 4.90 Å². The number of thiophene rings is 1. The maximum absolute atomic E-state index is 5.83. The topological polar surface area (TPSA) is 29.3 Å². The molecule has 0 atom stereocenters. The highest BCUT2D eigenvalue weighted by molar-refractivity contribution is 7.17. The lowest BCUT2D eigenvalue weighted by Gasteiger charge is -2.16. The molecule has 1 aromatic heterocycles. The van der Waals surface area contributed by atoms with Crippen LogP contribution >= 0.6 is 11.3 Å². The highest BCUT2D eigenvalue weighted by Gasteiger charge is 2.07. The standard InChI is InChI=1S/C17H18N2S/c1-19(10-13-5-4-6-15(18)9-13)11-14-12-20-17-8-3-2-7-16(14)17/h2-9,12H,10-11,18H2,1H3. The summed E-state index contributed by atoms with van der Waals surface area (Å²) in [6, 6.07) is 16.7. The summed E-state index contributed by atoms with van der Waals surface area (Å²) in [4.78, 5) is 2.32. The lowest BCUT2D eigenvalue weighted by atomic mass is 10.1. The summed E-state index contributed by atoms with van der Waals surface area (Å²) in [5.41, 5.74) is 9.31. The Morgan fingerprint density at radius 1 is 1.05 bits per heavy atom. The number of hydrogen-bond acceptors (Lipinski definition) is 3. The van der Waals surface area contributed by atoms with Gasteiger partial charge < -0.3 is 5.73 Å². The highest BCUT2D eigenvalue weighted by atomic mass is 32.1. The summed E-state index contributed by atoms with van der Waals surface area (Å²) in [7, 11) is 2.15. The third-order valence-electron chi connectivity index (χ3n) is 3.40. The summed E-state index contributed by atoms with van der Waals surface area (Å²) >= 11 is 1.82. The van der Waals surface area contributed by atoms with E-state index in [1.165, 1.54) is 21.2 Å². The number of benzene rings is 2. The molecule has 2 aromatic carbocycles. The SMILES string of the molecule is CN(Cc1cccc(N)c1)Cc1csc2ccccc12. The Bertz CT molecular complexity index is 718. The van der Waals surface area contributed by atoms with Gasteiger partial charge in [-0.2, -0.15) is 0 Å². The lowest BCUT2D eigenvalue weighted by molar-refractivity contribution is 0.320. The summed E-state index contributed by atoms with van der Waals surface area (Å²) in [6.07, 6.45) is 0. The van der Waals surface area contributed by atoms with E-state index in [1.807, 2.05) is 29.5 Å². The van der Waals surface area contributed by atoms with Crippen molar-refractivity contribution in [2.24, 2.45) is 0 Å². The van der Waals surface area contributed by atoms with E-state index in [9.17, 15) is 0 Å². The Morgan fingerprint density at radius 3 is 2.75 bits per heavy atom. The molecular formula is C17H18N2S. The van der Waals surface area contributed by atoms with Crippen LogP contribution < -0.4 is 5.73 Å². The summed E-state index contributed by atoms with van der Waals surface area (Å²) in [6.45, 7) is 1.87. The lowest BCUT2D eigenvalue weighted by Crippen LogP contribution is -2.17. The molecule has 0 spiro atoms. The molecule has 0 saturated carbocycles. The van der Waals surface area contributed by atoms with Gasteiger partial charge in [0.15, 0.2) is 0 Å². The summed E-state index contributed by atoms with van der Waals surface area (Å²) in [5, 5.41) is 3.64. The zero-order valence-electron chi connectivity index (χ0n) is 11.5. The molecule has 2 nitrogen and oxygen atoms in total. The van der Waals surface area contributed by atoms with Gasteiger partial charge in [0.25, 0.3) is 0 Å². The monoisotopic (exact) mass is 282 g/mol. The van der Waals surface area contributed by atoms with Crippen LogP contribution in [-0.2, 0) is 13.1 Å². The van der Waals surface area contributed by atoms with E-state index in [2.05, 4.69) is 47.7 Å². The fraction of sp³-hybridized carbons (Fsp3) is 0.176. The van der Waals surface area contributed by atoms with E-state index in [0.717, 1.165) is 18.8 Å². The molecule has 0 aliphatic rings. The van der Waals surface area contributed by atoms with Crippen LogP contribution in [-0.4, -0.2) is 11.9 Å². The number of anilines is 1. The number of nitrogens with two attached hydrogens (primary N) is 1. The first-order valence-electron chi connectivity index (χ1n) is 6.70. The molecule has 0 aliphatic heterocycles. The normalized spacial score (nSPS) is 11.3. The second-order valence-corrected chi connectivity index (χ2v) is 6.09. The van der Waals surface area contributed by atoms with Crippen molar-refractivity contribution >= 4 is 27.1 Å². The van der Waals surface area contributed by atoms with Gasteiger partial charge in [-0.05, 0) is 47.1 Å². The maximum Gasteiger partial charge on any atom is 0.0346 e. The molecule has 2 N–H and O–H groups in total. The Hall–Kier alpha value is -1.84. The molecular weight excluding hydrogens is 264 g/mol. The Labute approximate surface area is 123 Å². The first-order chi connectivity index (χ1) is 9.72. The molecule has 0 aliphatic carbocycles. The quantitative estimate of drug-likeness (QED) is 0.729. The number of rotatable bonds is 4. The van der Waals surface area contributed by atoms with Crippen LogP contribution in [0.1, 0.15) is 11.1 Å². The van der Waals surface area contributed by atoms with Crippen LogP contribution in [0.3, 0.4) is 0 Å². The third-order valence-corrected chi connectivity index (χ3v) is 4.42. The van der Waals surface area contributed by atoms with Crippen molar-refractivity contribution in [2.75, 3.05) is 12.8 Å². The molecule has 3 heteroatoms. The van der Waals surface area contributed by atoms with Crippen molar-refractivity contribution < 1.29 is 0 Å². The van der Waals surface area contributed by atoms with Crippen LogP contribution in [0.2, 0.25) is 0 Å². The fourth-order valence-electron chi connectivity index (χ4n) is 2.51.